The molecule has 1 heterocycles. The Kier molecular flexibility index (Phi) is 9.23. The van der Waals surface area contributed by atoms with Gasteiger partial charge in [0, 0.05) is 19.6 Å². The molecule has 0 N–H and O–H groups in total. The van der Waals surface area contributed by atoms with Crippen molar-refractivity contribution in [3.8, 4) is 0 Å². The number of aryl methyl sites for hydroxylation is 9. The summed E-state index contributed by atoms with van der Waals surface area (Å²) in [5.41, 5.74) is 11.0. The highest BCUT2D eigenvalue weighted by molar-refractivity contribution is 8.25. The van der Waals surface area contributed by atoms with Crippen LogP contribution in [0.15, 0.2) is 51.1 Å². The zero-order valence-corrected chi connectivity index (χ0v) is 26.9. The number of hydrogen-bond acceptors (Lipinski definition) is 6. The second kappa shape index (κ2) is 11.9. The SMILES string of the molecule is Cc1cc(C)c(SC2SC(Sc3c(C)cc(C)cc3C)C([N+](=O)[O-])C2Sc2c(C)cc(C)cc2C)c(C)c1. The van der Waals surface area contributed by atoms with E-state index in [1.54, 1.807) is 35.3 Å². The Morgan fingerprint density at radius 1 is 0.579 bits per heavy atom. The molecule has 0 bridgehead atoms. The minimum atomic E-state index is -0.668. The molecule has 0 radical (unpaired) electrons. The summed E-state index contributed by atoms with van der Waals surface area (Å²) in [4.78, 5) is 16.4. The Bertz CT molecular complexity index is 1320. The summed E-state index contributed by atoms with van der Waals surface area (Å²) in [6.07, 6.45) is 0. The minimum Gasteiger partial charge on any atom is -0.264 e. The fraction of sp³-hybridized carbons (Fsp3) is 0.419. The van der Waals surface area contributed by atoms with E-state index in [0.717, 1.165) is 0 Å². The van der Waals surface area contributed by atoms with Gasteiger partial charge in [0.15, 0.2) is 0 Å². The lowest BCUT2D eigenvalue weighted by atomic mass is 10.1. The first-order chi connectivity index (χ1) is 17.8. The molecule has 202 valence electrons. The lowest BCUT2D eigenvalue weighted by Gasteiger charge is -2.23. The average molecular weight is 584 g/mol. The van der Waals surface area contributed by atoms with Crippen LogP contribution in [0.4, 0.5) is 0 Å². The van der Waals surface area contributed by atoms with Gasteiger partial charge in [0.2, 0.25) is 6.04 Å². The van der Waals surface area contributed by atoms with E-state index < -0.39 is 6.04 Å². The lowest BCUT2D eigenvalue weighted by molar-refractivity contribution is -0.515. The molecule has 0 aromatic heterocycles. The second-order valence-corrected chi connectivity index (χ2v) is 16.0. The van der Waals surface area contributed by atoms with Gasteiger partial charge >= 0.3 is 0 Å². The molecule has 0 aliphatic carbocycles. The van der Waals surface area contributed by atoms with Crippen molar-refractivity contribution in [3.05, 3.63) is 96.6 Å². The van der Waals surface area contributed by atoms with Crippen molar-refractivity contribution < 1.29 is 4.92 Å². The van der Waals surface area contributed by atoms with Crippen molar-refractivity contribution in [1.82, 2.24) is 0 Å². The molecule has 7 heteroatoms. The quantitative estimate of drug-likeness (QED) is 0.204. The molecule has 0 amide bonds. The van der Waals surface area contributed by atoms with E-state index in [1.165, 1.54) is 64.8 Å². The summed E-state index contributed by atoms with van der Waals surface area (Å²) >= 11 is 7.03. The highest BCUT2D eigenvalue weighted by Gasteiger charge is 2.53. The molecule has 1 saturated heterocycles. The summed E-state index contributed by atoms with van der Waals surface area (Å²) in [6.45, 7) is 19.2. The Morgan fingerprint density at radius 3 is 1.24 bits per heavy atom. The van der Waals surface area contributed by atoms with Gasteiger partial charge in [-0.2, -0.15) is 0 Å². The first-order valence-electron chi connectivity index (χ1n) is 12.9. The van der Waals surface area contributed by atoms with Crippen LogP contribution < -0.4 is 0 Å². The number of nitro groups is 1. The maximum absolute atomic E-state index is 12.8. The van der Waals surface area contributed by atoms with Crippen molar-refractivity contribution in [1.29, 1.82) is 0 Å². The smallest absolute Gasteiger partial charge is 0.248 e. The van der Waals surface area contributed by atoms with E-state index in [2.05, 4.69) is 98.7 Å². The van der Waals surface area contributed by atoms with Crippen molar-refractivity contribution in [2.45, 2.75) is 97.5 Å². The van der Waals surface area contributed by atoms with Crippen LogP contribution in [0.25, 0.3) is 0 Å². The molecule has 3 aromatic rings. The number of benzene rings is 3. The Hall–Kier alpha value is -1.54. The van der Waals surface area contributed by atoms with Crippen molar-refractivity contribution >= 4 is 47.0 Å². The monoisotopic (exact) mass is 583 g/mol. The molecule has 0 spiro atoms. The predicted molar refractivity (Wildman–Crippen MR) is 169 cm³/mol. The van der Waals surface area contributed by atoms with Gasteiger partial charge in [0.25, 0.3) is 0 Å². The van der Waals surface area contributed by atoms with Crippen molar-refractivity contribution in [2.75, 3.05) is 0 Å². The van der Waals surface area contributed by atoms with Gasteiger partial charge in [-0.25, -0.2) is 0 Å². The van der Waals surface area contributed by atoms with Crippen molar-refractivity contribution in [2.24, 2.45) is 0 Å². The van der Waals surface area contributed by atoms with E-state index in [0.29, 0.717) is 0 Å². The Labute approximate surface area is 244 Å². The van der Waals surface area contributed by atoms with Gasteiger partial charge in [-0.05, 0) is 95.7 Å². The maximum Gasteiger partial charge on any atom is 0.248 e. The first kappa shape index (κ1) is 29.4. The van der Waals surface area contributed by atoms with Gasteiger partial charge in [0.1, 0.15) is 9.83 Å². The average Bonchev–Trinajstić information content (AvgIpc) is 3.12. The normalized spacial score (nSPS) is 21.2. The van der Waals surface area contributed by atoms with Crippen LogP contribution in [0.5, 0.6) is 0 Å². The number of nitrogens with zero attached hydrogens (tertiary/aromatic N) is 1. The van der Waals surface area contributed by atoms with Crippen LogP contribution in [0.1, 0.15) is 50.1 Å². The molecule has 4 unspecified atom stereocenters. The molecule has 1 aliphatic heterocycles. The molecular weight excluding hydrogens is 547 g/mol. The summed E-state index contributed by atoms with van der Waals surface area (Å²) < 4.78 is -0.114. The van der Waals surface area contributed by atoms with Gasteiger partial charge in [-0.15, -0.1) is 47.0 Å². The summed E-state index contributed by atoms with van der Waals surface area (Å²) in [7, 11) is 0. The summed E-state index contributed by atoms with van der Waals surface area (Å²) in [5, 5.41) is 12.6. The standard InChI is InChI=1S/C31H37NO2S4/c1-16-10-19(4)26(20(5)11-16)35-29-25(32(33)34)30(36-27-21(6)12-17(2)13-22(27)7)38-31(29)37-28-23(8)14-18(3)15-24(28)9/h10-15,25,29-31H,1-9H3. The van der Waals surface area contributed by atoms with Crippen LogP contribution in [0.3, 0.4) is 0 Å². The highest BCUT2D eigenvalue weighted by Crippen LogP contribution is 2.56. The zero-order chi connectivity index (χ0) is 27.9. The van der Waals surface area contributed by atoms with Crippen LogP contribution in [0, 0.1) is 72.4 Å². The van der Waals surface area contributed by atoms with Gasteiger partial charge in [-0.3, -0.25) is 10.1 Å². The van der Waals surface area contributed by atoms with Gasteiger partial charge < -0.3 is 0 Å². The highest BCUT2D eigenvalue weighted by atomic mass is 32.2. The molecule has 3 nitrogen and oxygen atoms in total. The largest absolute Gasteiger partial charge is 0.264 e. The van der Waals surface area contributed by atoms with Crippen LogP contribution in [-0.4, -0.2) is 25.4 Å². The predicted octanol–water partition coefficient (Wildman–Crippen LogP) is 9.55. The zero-order valence-electron chi connectivity index (χ0n) is 23.7. The molecule has 4 atom stereocenters. The minimum absolute atomic E-state index is 0.00450. The maximum atomic E-state index is 12.8. The van der Waals surface area contributed by atoms with E-state index >= 15 is 0 Å². The summed E-state index contributed by atoms with van der Waals surface area (Å²) in [6, 6.07) is 12.5. The van der Waals surface area contributed by atoms with Crippen molar-refractivity contribution in [3.63, 3.8) is 0 Å². The Morgan fingerprint density at radius 2 is 0.895 bits per heavy atom. The second-order valence-electron chi connectivity index (χ2n) is 10.7. The van der Waals surface area contributed by atoms with Crippen LogP contribution in [-0.2, 0) is 0 Å². The third-order valence-electron chi connectivity index (χ3n) is 6.93. The third-order valence-corrected chi connectivity index (χ3v) is 14.1. The molecular formula is C31H37NO2S4. The molecule has 4 rings (SSSR count). The molecule has 3 aromatic carbocycles. The lowest BCUT2D eigenvalue weighted by Crippen LogP contribution is -2.36. The van der Waals surface area contributed by atoms with Crippen LogP contribution >= 0.6 is 47.0 Å². The van der Waals surface area contributed by atoms with Crippen LogP contribution in [0.2, 0.25) is 0 Å². The van der Waals surface area contributed by atoms with E-state index in [4.69, 9.17) is 0 Å². The van der Waals surface area contributed by atoms with Gasteiger partial charge in [0.05, 0.1) is 4.58 Å². The number of rotatable bonds is 7. The topological polar surface area (TPSA) is 43.1 Å². The van der Waals surface area contributed by atoms with E-state index in [9.17, 15) is 10.1 Å². The number of thioether (sulfide) groups is 4. The van der Waals surface area contributed by atoms with Gasteiger partial charge in [-0.1, -0.05) is 53.1 Å². The molecule has 0 saturated carbocycles. The molecule has 38 heavy (non-hydrogen) atoms. The van der Waals surface area contributed by atoms with E-state index in [1.807, 2.05) is 11.8 Å². The first-order valence-corrected chi connectivity index (χ1v) is 16.5. The summed E-state index contributed by atoms with van der Waals surface area (Å²) in [5.74, 6) is 0. The molecule has 1 fully saturated rings. The molecule has 1 aliphatic rings. The fourth-order valence-electron chi connectivity index (χ4n) is 5.57. The fourth-order valence-corrected chi connectivity index (χ4v) is 12.8. The van der Waals surface area contributed by atoms with E-state index in [-0.39, 0.29) is 19.3 Å². The Balaban J connectivity index is 1.77. The number of hydrogen-bond donors (Lipinski definition) is 0. The third kappa shape index (κ3) is 6.27.